The molecule has 1 aliphatic carbocycles. The van der Waals surface area contributed by atoms with Crippen LogP contribution in [0, 0.1) is 0 Å². The van der Waals surface area contributed by atoms with Crippen LogP contribution in [0.1, 0.15) is 54.5 Å². The van der Waals surface area contributed by atoms with E-state index in [1.54, 1.807) is 4.88 Å². The molecule has 106 valence electrons. The summed E-state index contributed by atoms with van der Waals surface area (Å²) in [5, 5.41) is 14.5. The van der Waals surface area contributed by atoms with Crippen molar-refractivity contribution in [1.29, 1.82) is 0 Å². The van der Waals surface area contributed by atoms with Crippen LogP contribution in [0.4, 0.5) is 0 Å². The molecular weight excluding hydrogens is 270 g/mol. The van der Waals surface area contributed by atoms with E-state index in [-0.39, 0.29) is 0 Å². The molecule has 2 aliphatic rings. The van der Waals surface area contributed by atoms with Gasteiger partial charge in [0.2, 0.25) is 0 Å². The zero-order valence-electron chi connectivity index (χ0n) is 11.7. The molecule has 0 spiro atoms. The minimum Gasteiger partial charge on any atom is -0.288 e. The van der Waals surface area contributed by atoms with E-state index in [0.29, 0.717) is 12.1 Å². The molecule has 2 aromatic rings. The SMILES string of the molecule is CC[C@@H]1c2ccsc2CCN1Cc1nnnn1C1CC1. The zero-order valence-corrected chi connectivity index (χ0v) is 12.5. The normalized spacial score (nSPS) is 22.9. The predicted octanol–water partition coefficient (Wildman–Crippen LogP) is 2.58. The van der Waals surface area contributed by atoms with Crippen molar-refractivity contribution in [3.8, 4) is 0 Å². The highest BCUT2D eigenvalue weighted by molar-refractivity contribution is 7.10. The fraction of sp³-hybridized carbons (Fsp3) is 0.643. The molecule has 20 heavy (non-hydrogen) atoms. The van der Waals surface area contributed by atoms with Crippen LogP contribution in [0.2, 0.25) is 0 Å². The van der Waals surface area contributed by atoms with Crippen LogP contribution in [0.5, 0.6) is 0 Å². The summed E-state index contributed by atoms with van der Waals surface area (Å²) in [5.41, 5.74) is 1.52. The van der Waals surface area contributed by atoms with Crippen molar-refractivity contribution in [2.45, 2.75) is 51.2 Å². The largest absolute Gasteiger partial charge is 0.288 e. The Kier molecular flexibility index (Phi) is 3.07. The van der Waals surface area contributed by atoms with Gasteiger partial charge in [-0.3, -0.25) is 4.90 Å². The Balaban J connectivity index is 1.58. The number of nitrogens with zero attached hydrogens (tertiary/aromatic N) is 5. The first-order valence-electron chi connectivity index (χ1n) is 7.44. The third kappa shape index (κ3) is 2.07. The van der Waals surface area contributed by atoms with Crippen LogP contribution >= 0.6 is 11.3 Å². The Morgan fingerprint density at radius 3 is 3.10 bits per heavy atom. The van der Waals surface area contributed by atoms with Crippen molar-refractivity contribution in [3.05, 3.63) is 27.7 Å². The van der Waals surface area contributed by atoms with E-state index in [0.717, 1.165) is 31.8 Å². The highest BCUT2D eigenvalue weighted by Gasteiger charge is 2.31. The van der Waals surface area contributed by atoms with Crippen LogP contribution in [0.3, 0.4) is 0 Å². The molecule has 0 radical (unpaired) electrons. The molecule has 0 saturated heterocycles. The van der Waals surface area contributed by atoms with Gasteiger partial charge in [-0.1, -0.05) is 6.92 Å². The Hall–Kier alpha value is -1.27. The van der Waals surface area contributed by atoms with Gasteiger partial charge in [-0.25, -0.2) is 4.68 Å². The monoisotopic (exact) mass is 289 g/mol. The number of hydrogen-bond donors (Lipinski definition) is 0. The van der Waals surface area contributed by atoms with Gasteiger partial charge in [0, 0.05) is 17.5 Å². The number of thiophene rings is 1. The van der Waals surface area contributed by atoms with E-state index >= 15 is 0 Å². The molecule has 0 N–H and O–H groups in total. The standard InChI is InChI=1S/C14H19N5S/c1-2-12-11-6-8-20-13(11)5-7-18(12)9-14-15-16-17-19(14)10-3-4-10/h6,8,10,12H,2-5,7,9H2,1H3/t12-/m1/s1. The van der Waals surface area contributed by atoms with Crippen molar-refractivity contribution < 1.29 is 0 Å². The third-order valence-corrected chi connectivity index (χ3v) is 5.39. The van der Waals surface area contributed by atoms with E-state index in [1.807, 2.05) is 16.0 Å². The number of fused-ring (bicyclic) bond motifs is 1. The topological polar surface area (TPSA) is 46.8 Å². The van der Waals surface area contributed by atoms with Gasteiger partial charge >= 0.3 is 0 Å². The highest BCUT2D eigenvalue weighted by Crippen LogP contribution is 2.37. The van der Waals surface area contributed by atoms with Crippen LogP contribution in [0.25, 0.3) is 0 Å². The summed E-state index contributed by atoms with van der Waals surface area (Å²) in [6, 6.07) is 3.38. The van der Waals surface area contributed by atoms with Crippen molar-refractivity contribution in [1.82, 2.24) is 25.1 Å². The Labute approximate surface area is 122 Å². The van der Waals surface area contributed by atoms with Gasteiger partial charge in [0.15, 0.2) is 5.82 Å². The van der Waals surface area contributed by atoms with Gasteiger partial charge in [-0.05, 0) is 53.1 Å². The molecule has 0 unspecified atom stereocenters. The van der Waals surface area contributed by atoms with Crippen LogP contribution < -0.4 is 0 Å². The molecule has 3 heterocycles. The lowest BCUT2D eigenvalue weighted by molar-refractivity contribution is 0.165. The number of aromatic nitrogens is 4. The molecule has 0 aromatic carbocycles. The summed E-state index contributed by atoms with van der Waals surface area (Å²) < 4.78 is 2.04. The van der Waals surface area contributed by atoms with Crippen molar-refractivity contribution >= 4 is 11.3 Å². The van der Waals surface area contributed by atoms with Gasteiger partial charge < -0.3 is 0 Å². The van der Waals surface area contributed by atoms with E-state index in [9.17, 15) is 0 Å². The molecule has 2 aromatic heterocycles. The average Bonchev–Trinajstić information content (AvgIpc) is 3.01. The molecule has 4 rings (SSSR count). The second-order valence-electron chi connectivity index (χ2n) is 5.71. The van der Waals surface area contributed by atoms with E-state index in [2.05, 4.69) is 38.8 Å². The maximum Gasteiger partial charge on any atom is 0.165 e. The summed E-state index contributed by atoms with van der Waals surface area (Å²) >= 11 is 1.90. The van der Waals surface area contributed by atoms with Crippen LogP contribution in [0.15, 0.2) is 11.4 Å². The van der Waals surface area contributed by atoms with Gasteiger partial charge in [-0.15, -0.1) is 16.4 Å². The van der Waals surface area contributed by atoms with Crippen molar-refractivity contribution in [3.63, 3.8) is 0 Å². The quantitative estimate of drug-likeness (QED) is 0.868. The summed E-state index contributed by atoms with van der Waals surface area (Å²) in [5.74, 6) is 1.03. The van der Waals surface area contributed by atoms with E-state index in [4.69, 9.17) is 0 Å². The molecule has 1 fully saturated rings. The lowest BCUT2D eigenvalue weighted by Gasteiger charge is -2.34. The number of tetrazole rings is 1. The van der Waals surface area contributed by atoms with E-state index < -0.39 is 0 Å². The van der Waals surface area contributed by atoms with Crippen LogP contribution in [-0.2, 0) is 13.0 Å². The van der Waals surface area contributed by atoms with Gasteiger partial charge in [0.1, 0.15) is 0 Å². The Morgan fingerprint density at radius 1 is 1.40 bits per heavy atom. The Bertz CT molecular complexity index is 600. The lowest BCUT2D eigenvalue weighted by atomic mass is 9.98. The molecule has 0 amide bonds. The molecule has 1 saturated carbocycles. The van der Waals surface area contributed by atoms with Crippen molar-refractivity contribution in [2.24, 2.45) is 0 Å². The summed E-state index contributed by atoms with van der Waals surface area (Å²) in [7, 11) is 0. The fourth-order valence-electron chi connectivity index (χ4n) is 3.22. The average molecular weight is 289 g/mol. The van der Waals surface area contributed by atoms with Crippen molar-refractivity contribution in [2.75, 3.05) is 6.54 Å². The molecule has 6 heteroatoms. The second kappa shape index (κ2) is 4.93. The minimum absolute atomic E-state index is 0.523. The smallest absolute Gasteiger partial charge is 0.165 e. The summed E-state index contributed by atoms with van der Waals surface area (Å²) in [6.07, 6.45) is 4.76. The third-order valence-electron chi connectivity index (χ3n) is 4.39. The Morgan fingerprint density at radius 2 is 2.30 bits per heavy atom. The number of hydrogen-bond acceptors (Lipinski definition) is 5. The summed E-state index contributed by atoms with van der Waals surface area (Å²) in [6.45, 7) is 4.26. The first kappa shape index (κ1) is 12.5. The summed E-state index contributed by atoms with van der Waals surface area (Å²) in [4.78, 5) is 4.11. The van der Waals surface area contributed by atoms with Gasteiger partial charge in [0.05, 0.1) is 12.6 Å². The molecule has 1 aliphatic heterocycles. The lowest BCUT2D eigenvalue weighted by Crippen LogP contribution is -2.34. The molecule has 1 atom stereocenters. The zero-order chi connectivity index (χ0) is 13.5. The molecule has 0 bridgehead atoms. The highest BCUT2D eigenvalue weighted by atomic mass is 32.1. The fourth-order valence-corrected chi connectivity index (χ4v) is 4.14. The predicted molar refractivity (Wildman–Crippen MR) is 77.6 cm³/mol. The minimum atomic E-state index is 0.523. The maximum atomic E-state index is 4.25. The second-order valence-corrected chi connectivity index (χ2v) is 6.72. The molecular formula is C14H19N5S. The van der Waals surface area contributed by atoms with Gasteiger partial charge in [-0.2, -0.15) is 0 Å². The van der Waals surface area contributed by atoms with Crippen LogP contribution in [-0.4, -0.2) is 31.7 Å². The van der Waals surface area contributed by atoms with E-state index in [1.165, 1.54) is 18.4 Å². The maximum absolute atomic E-state index is 4.25. The number of rotatable bonds is 4. The first-order valence-corrected chi connectivity index (χ1v) is 8.32. The van der Waals surface area contributed by atoms with Gasteiger partial charge in [0.25, 0.3) is 0 Å². The first-order chi connectivity index (χ1) is 9.86. The molecule has 5 nitrogen and oxygen atoms in total.